The fraction of sp³-hybridized carbons (Fsp3) is 0.600. The summed E-state index contributed by atoms with van der Waals surface area (Å²) in [5.41, 5.74) is 2.18. The van der Waals surface area contributed by atoms with Crippen LogP contribution in [-0.4, -0.2) is 64.3 Å². The molecule has 160 valence electrons. The highest BCUT2D eigenvalue weighted by molar-refractivity contribution is 14.0. The lowest BCUT2D eigenvalue weighted by molar-refractivity contribution is -0.128. The van der Waals surface area contributed by atoms with Crippen molar-refractivity contribution in [1.29, 1.82) is 0 Å². The number of methoxy groups -OCH3 is 1. The van der Waals surface area contributed by atoms with Gasteiger partial charge in [-0.05, 0) is 25.5 Å². The first-order valence-electron chi connectivity index (χ1n) is 9.41. The number of hydrogen-bond donors (Lipinski definition) is 2. The van der Waals surface area contributed by atoms with E-state index in [1.807, 2.05) is 26.0 Å². The van der Waals surface area contributed by atoms with Gasteiger partial charge in [0.05, 0.1) is 13.2 Å². The SMILES string of the molecule is CCNC(=NCc1ccc(C)cc1OCCCOC)NCCC(=O)N(C)C.I. The van der Waals surface area contributed by atoms with Gasteiger partial charge in [-0.25, -0.2) is 4.99 Å². The molecule has 0 unspecified atom stereocenters. The topological polar surface area (TPSA) is 75.2 Å². The number of carbonyl (C=O) groups excluding carboxylic acids is 1. The highest BCUT2D eigenvalue weighted by Crippen LogP contribution is 2.21. The van der Waals surface area contributed by atoms with E-state index in [0.717, 1.165) is 29.8 Å². The Balaban J connectivity index is 0.00000729. The van der Waals surface area contributed by atoms with Crippen molar-refractivity contribution in [3.8, 4) is 5.75 Å². The molecule has 0 aliphatic rings. The first-order chi connectivity index (χ1) is 13.0. The Labute approximate surface area is 186 Å². The van der Waals surface area contributed by atoms with E-state index in [0.29, 0.717) is 38.7 Å². The van der Waals surface area contributed by atoms with Crippen molar-refractivity contribution < 1.29 is 14.3 Å². The second-order valence-electron chi connectivity index (χ2n) is 6.47. The Kier molecular flexibility index (Phi) is 14.5. The number of carbonyl (C=O) groups is 1. The van der Waals surface area contributed by atoms with Crippen LogP contribution in [0.4, 0.5) is 0 Å². The molecule has 1 rings (SSSR count). The summed E-state index contributed by atoms with van der Waals surface area (Å²) in [5.74, 6) is 1.63. The zero-order valence-electron chi connectivity index (χ0n) is 17.7. The average Bonchev–Trinajstić information content (AvgIpc) is 2.64. The number of hydrogen-bond acceptors (Lipinski definition) is 4. The van der Waals surface area contributed by atoms with Crippen LogP contribution in [-0.2, 0) is 16.1 Å². The summed E-state index contributed by atoms with van der Waals surface area (Å²) in [6, 6.07) is 6.14. The summed E-state index contributed by atoms with van der Waals surface area (Å²) in [6.07, 6.45) is 1.27. The van der Waals surface area contributed by atoms with Gasteiger partial charge in [0.25, 0.3) is 0 Å². The molecule has 1 aromatic rings. The number of aryl methyl sites for hydroxylation is 1. The zero-order chi connectivity index (χ0) is 20.1. The number of halogens is 1. The van der Waals surface area contributed by atoms with Crippen molar-refractivity contribution in [2.75, 3.05) is 47.5 Å². The standard InChI is InChI=1S/C20H34N4O3.HI/c1-6-21-20(22-11-10-19(25)24(3)4)23-15-17-9-8-16(2)14-18(17)27-13-7-12-26-5;/h8-9,14H,6-7,10-13,15H2,1-5H3,(H2,21,22,23);1H. The van der Waals surface area contributed by atoms with Crippen LogP contribution in [0.25, 0.3) is 0 Å². The molecule has 0 saturated carbocycles. The maximum Gasteiger partial charge on any atom is 0.223 e. The highest BCUT2D eigenvalue weighted by atomic mass is 127. The van der Waals surface area contributed by atoms with E-state index in [4.69, 9.17) is 9.47 Å². The lowest BCUT2D eigenvalue weighted by atomic mass is 10.1. The molecule has 1 aromatic carbocycles. The summed E-state index contributed by atoms with van der Waals surface area (Å²) >= 11 is 0. The lowest BCUT2D eigenvalue weighted by Crippen LogP contribution is -2.39. The lowest BCUT2D eigenvalue weighted by Gasteiger charge is -2.14. The van der Waals surface area contributed by atoms with E-state index >= 15 is 0 Å². The number of nitrogens with one attached hydrogen (secondary N) is 2. The van der Waals surface area contributed by atoms with Crippen molar-refractivity contribution in [3.63, 3.8) is 0 Å². The van der Waals surface area contributed by atoms with E-state index in [1.165, 1.54) is 0 Å². The van der Waals surface area contributed by atoms with Crippen LogP contribution < -0.4 is 15.4 Å². The number of guanidine groups is 1. The second-order valence-corrected chi connectivity index (χ2v) is 6.47. The Morgan fingerprint density at radius 1 is 1.21 bits per heavy atom. The van der Waals surface area contributed by atoms with Gasteiger partial charge in [0.2, 0.25) is 5.91 Å². The van der Waals surface area contributed by atoms with Gasteiger partial charge in [-0.3, -0.25) is 4.79 Å². The minimum atomic E-state index is 0. The van der Waals surface area contributed by atoms with Gasteiger partial charge in [-0.15, -0.1) is 24.0 Å². The van der Waals surface area contributed by atoms with Crippen LogP contribution in [0.5, 0.6) is 5.75 Å². The van der Waals surface area contributed by atoms with Crippen molar-refractivity contribution in [2.24, 2.45) is 4.99 Å². The molecule has 2 N–H and O–H groups in total. The average molecular weight is 506 g/mol. The van der Waals surface area contributed by atoms with Crippen LogP contribution in [0.15, 0.2) is 23.2 Å². The van der Waals surface area contributed by atoms with E-state index in [-0.39, 0.29) is 29.9 Å². The van der Waals surface area contributed by atoms with Crippen LogP contribution in [0.2, 0.25) is 0 Å². The predicted molar refractivity (Wildman–Crippen MR) is 125 cm³/mol. The summed E-state index contributed by atoms with van der Waals surface area (Å²) in [4.78, 5) is 17.9. The third-order valence-corrected chi connectivity index (χ3v) is 3.85. The number of benzene rings is 1. The third kappa shape index (κ3) is 10.7. The van der Waals surface area contributed by atoms with Crippen LogP contribution >= 0.6 is 24.0 Å². The van der Waals surface area contributed by atoms with Crippen LogP contribution in [0.1, 0.15) is 30.9 Å². The second kappa shape index (κ2) is 15.4. The van der Waals surface area contributed by atoms with Gasteiger partial charge in [0.15, 0.2) is 5.96 Å². The summed E-state index contributed by atoms with van der Waals surface area (Å²) < 4.78 is 11.0. The molecule has 0 spiro atoms. The fourth-order valence-corrected chi connectivity index (χ4v) is 2.33. The predicted octanol–water partition coefficient (Wildman–Crippen LogP) is 2.56. The molecule has 0 radical (unpaired) electrons. The molecule has 0 aromatic heterocycles. The largest absolute Gasteiger partial charge is 0.493 e. The summed E-state index contributed by atoms with van der Waals surface area (Å²) in [7, 11) is 5.20. The Bertz CT molecular complexity index is 609. The molecule has 7 nitrogen and oxygen atoms in total. The molecule has 28 heavy (non-hydrogen) atoms. The Morgan fingerprint density at radius 2 is 1.96 bits per heavy atom. The molecule has 0 fully saturated rings. The van der Waals surface area contributed by atoms with Crippen molar-refractivity contribution in [3.05, 3.63) is 29.3 Å². The molecule has 0 atom stereocenters. The van der Waals surface area contributed by atoms with Gasteiger partial charge in [-0.2, -0.15) is 0 Å². The van der Waals surface area contributed by atoms with Crippen LogP contribution in [0.3, 0.4) is 0 Å². The Hall–Kier alpha value is -1.55. The van der Waals surface area contributed by atoms with Crippen molar-refractivity contribution in [1.82, 2.24) is 15.5 Å². The minimum absolute atomic E-state index is 0. The van der Waals surface area contributed by atoms with Gasteiger partial charge in [-0.1, -0.05) is 12.1 Å². The number of rotatable bonds is 11. The molecule has 0 bridgehead atoms. The first-order valence-corrected chi connectivity index (χ1v) is 9.41. The first kappa shape index (κ1) is 26.4. The van der Waals surface area contributed by atoms with Crippen molar-refractivity contribution >= 4 is 35.8 Å². The molecular formula is C20H35IN4O3. The molecule has 8 heteroatoms. The smallest absolute Gasteiger partial charge is 0.223 e. The van der Waals surface area contributed by atoms with Gasteiger partial charge < -0.3 is 25.0 Å². The molecule has 0 heterocycles. The molecule has 0 saturated heterocycles. The third-order valence-electron chi connectivity index (χ3n) is 3.85. The van der Waals surface area contributed by atoms with Gasteiger partial charge in [0, 0.05) is 59.3 Å². The maximum absolute atomic E-state index is 11.7. The molecule has 0 aliphatic carbocycles. The number of ether oxygens (including phenoxy) is 2. The van der Waals surface area contributed by atoms with Gasteiger partial charge in [0.1, 0.15) is 5.75 Å². The highest BCUT2D eigenvalue weighted by Gasteiger charge is 2.07. The number of amides is 1. The number of aliphatic imine (C=N–C) groups is 1. The quantitative estimate of drug-likeness (QED) is 0.209. The minimum Gasteiger partial charge on any atom is -0.493 e. The number of nitrogens with zero attached hydrogens (tertiary/aromatic N) is 2. The zero-order valence-corrected chi connectivity index (χ0v) is 20.0. The fourth-order valence-electron chi connectivity index (χ4n) is 2.33. The molecular weight excluding hydrogens is 471 g/mol. The Morgan fingerprint density at radius 3 is 2.61 bits per heavy atom. The molecule has 0 aliphatic heterocycles. The maximum atomic E-state index is 11.7. The monoisotopic (exact) mass is 506 g/mol. The summed E-state index contributed by atoms with van der Waals surface area (Å²) in [6.45, 7) is 7.13. The van der Waals surface area contributed by atoms with E-state index in [9.17, 15) is 4.79 Å². The van der Waals surface area contributed by atoms with Crippen molar-refractivity contribution in [2.45, 2.75) is 33.2 Å². The van der Waals surface area contributed by atoms with E-state index in [2.05, 4.69) is 21.7 Å². The summed E-state index contributed by atoms with van der Waals surface area (Å²) in [5, 5.41) is 6.40. The van der Waals surface area contributed by atoms with E-state index < -0.39 is 0 Å². The van der Waals surface area contributed by atoms with E-state index in [1.54, 1.807) is 26.1 Å². The van der Waals surface area contributed by atoms with Gasteiger partial charge >= 0.3 is 0 Å². The van der Waals surface area contributed by atoms with Crippen LogP contribution in [0, 0.1) is 6.92 Å². The normalized spacial score (nSPS) is 10.8. The molecule has 1 amide bonds.